The number of non-ortho nitro benzene ring substituents is 1. The van der Waals surface area contributed by atoms with Crippen molar-refractivity contribution in [1.29, 1.82) is 0 Å². The fourth-order valence-corrected chi connectivity index (χ4v) is 4.59. The lowest BCUT2D eigenvalue weighted by atomic mass is 10.1. The number of carbonyl (C=O) groups excluding carboxylic acids is 1. The SMILES string of the molecule is CCN(CC)S(=O)(=O)c1ccc(C(=O)C=Cc2ccc(-c3cccc([N+](=O)[O-])c3)o2)cc1. The van der Waals surface area contributed by atoms with Gasteiger partial charge in [-0.15, -0.1) is 0 Å². The maximum atomic E-state index is 12.5. The van der Waals surface area contributed by atoms with Gasteiger partial charge < -0.3 is 4.42 Å². The summed E-state index contributed by atoms with van der Waals surface area (Å²) in [6.07, 6.45) is 2.81. The van der Waals surface area contributed by atoms with Crippen LogP contribution in [0.4, 0.5) is 5.69 Å². The van der Waals surface area contributed by atoms with E-state index in [-0.39, 0.29) is 16.4 Å². The monoisotopic (exact) mass is 454 g/mol. The maximum Gasteiger partial charge on any atom is 0.270 e. The molecule has 0 spiro atoms. The lowest BCUT2D eigenvalue weighted by molar-refractivity contribution is -0.384. The summed E-state index contributed by atoms with van der Waals surface area (Å²) in [4.78, 5) is 23.0. The maximum absolute atomic E-state index is 12.5. The normalized spacial score (nSPS) is 11.8. The molecule has 32 heavy (non-hydrogen) atoms. The average molecular weight is 455 g/mol. The van der Waals surface area contributed by atoms with Gasteiger partial charge in [-0.2, -0.15) is 4.31 Å². The van der Waals surface area contributed by atoms with E-state index in [0.29, 0.717) is 35.7 Å². The van der Waals surface area contributed by atoms with Crippen LogP contribution in [0.15, 0.2) is 76.1 Å². The number of sulfonamides is 1. The van der Waals surface area contributed by atoms with Crippen LogP contribution in [0.1, 0.15) is 30.0 Å². The molecular weight excluding hydrogens is 432 g/mol. The van der Waals surface area contributed by atoms with Crippen LogP contribution in [0.25, 0.3) is 17.4 Å². The molecule has 1 heterocycles. The number of benzene rings is 2. The van der Waals surface area contributed by atoms with Crippen LogP contribution >= 0.6 is 0 Å². The third-order valence-electron chi connectivity index (χ3n) is 4.85. The Morgan fingerprint density at radius 2 is 1.75 bits per heavy atom. The molecule has 9 heteroatoms. The highest BCUT2D eigenvalue weighted by Gasteiger charge is 2.21. The zero-order chi connectivity index (χ0) is 23.3. The molecule has 0 atom stereocenters. The van der Waals surface area contributed by atoms with E-state index in [2.05, 4.69) is 0 Å². The predicted octanol–water partition coefficient (Wildman–Crippen LogP) is 4.78. The molecular formula is C23H22N2O6S. The molecule has 0 saturated heterocycles. The Kier molecular flexibility index (Phi) is 7.01. The lowest BCUT2D eigenvalue weighted by Gasteiger charge is -2.18. The van der Waals surface area contributed by atoms with E-state index in [1.54, 1.807) is 38.1 Å². The molecule has 1 aromatic heterocycles. The summed E-state index contributed by atoms with van der Waals surface area (Å²) in [6, 6.07) is 15.2. The molecule has 2 aromatic carbocycles. The second-order valence-electron chi connectivity index (χ2n) is 6.82. The minimum atomic E-state index is -3.58. The minimum Gasteiger partial charge on any atom is -0.457 e. The Morgan fingerprint density at radius 1 is 1.06 bits per heavy atom. The molecule has 0 saturated carbocycles. The van der Waals surface area contributed by atoms with Crippen LogP contribution in [-0.2, 0) is 10.0 Å². The Hall–Kier alpha value is -3.56. The Balaban J connectivity index is 1.74. The van der Waals surface area contributed by atoms with Gasteiger partial charge in [0.05, 0.1) is 9.82 Å². The van der Waals surface area contributed by atoms with E-state index >= 15 is 0 Å². The summed E-state index contributed by atoms with van der Waals surface area (Å²) in [7, 11) is -3.58. The van der Waals surface area contributed by atoms with E-state index in [1.165, 1.54) is 52.9 Å². The number of furan rings is 1. The lowest BCUT2D eigenvalue weighted by Crippen LogP contribution is -2.30. The van der Waals surface area contributed by atoms with Gasteiger partial charge >= 0.3 is 0 Å². The smallest absolute Gasteiger partial charge is 0.270 e. The number of rotatable bonds is 9. The molecule has 0 aliphatic carbocycles. The van der Waals surface area contributed by atoms with Crippen molar-refractivity contribution in [3.8, 4) is 11.3 Å². The number of carbonyl (C=O) groups is 1. The highest BCUT2D eigenvalue weighted by molar-refractivity contribution is 7.89. The molecule has 166 valence electrons. The summed E-state index contributed by atoms with van der Waals surface area (Å²) in [5.74, 6) is 0.525. The Morgan fingerprint density at radius 3 is 2.38 bits per heavy atom. The molecule has 3 rings (SSSR count). The van der Waals surface area contributed by atoms with E-state index in [1.807, 2.05) is 0 Å². The minimum absolute atomic E-state index is 0.0439. The van der Waals surface area contributed by atoms with E-state index in [0.717, 1.165) is 0 Å². The van der Waals surface area contributed by atoms with Gasteiger partial charge in [0, 0.05) is 36.3 Å². The van der Waals surface area contributed by atoms with Crippen molar-refractivity contribution in [3.63, 3.8) is 0 Å². The number of nitro groups is 1. The van der Waals surface area contributed by atoms with Crippen LogP contribution in [0, 0.1) is 10.1 Å². The van der Waals surface area contributed by atoms with Gasteiger partial charge in [-0.3, -0.25) is 14.9 Å². The van der Waals surface area contributed by atoms with Crippen LogP contribution < -0.4 is 0 Å². The predicted molar refractivity (Wildman–Crippen MR) is 121 cm³/mol. The molecule has 0 bridgehead atoms. The van der Waals surface area contributed by atoms with Crippen molar-refractivity contribution < 1.29 is 22.6 Å². The quantitative estimate of drug-likeness (QED) is 0.199. The van der Waals surface area contributed by atoms with Crippen molar-refractivity contribution in [2.24, 2.45) is 0 Å². The summed E-state index contributed by atoms with van der Waals surface area (Å²) < 4.78 is 32.1. The average Bonchev–Trinajstić information content (AvgIpc) is 3.27. The van der Waals surface area contributed by atoms with Crippen LogP contribution in [-0.4, -0.2) is 36.5 Å². The molecule has 3 aromatic rings. The number of nitrogens with zero attached hydrogens (tertiary/aromatic N) is 2. The molecule has 0 amide bonds. The number of hydrogen-bond donors (Lipinski definition) is 0. The van der Waals surface area contributed by atoms with Crippen LogP contribution in [0.2, 0.25) is 0 Å². The highest BCUT2D eigenvalue weighted by atomic mass is 32.2. The van der Waals surface area contributed by atoms with Gasteiger partial charge in [-0.05, 0) is 48.6 Å². The van der Waals surface area contributed by atoms with E-state index < -0.39 is 14.9 Å². The Bertz CT molecular complexity index is 1260. The van der Waals surface area contributed by atoms with E-state index in [4.69, 9.17) is 4.42 Å². The van der Waals surface area contributed by atoms with Crippen LogP contribution in [0.3, 0.4) is 0 Å². The fourth-order valence-electron chi connectivity index (χ4n) is 3.13. The number of allylic oxidation sites excluding steroid dienone is 1. The third-order valence-corrected chi connectivity index (χ3v) is 6.91. The van der Waals surface area contributed by atoms with Crippen molar-refractivity contribution in [3.05, 3.63) is 88.2 Å². The largest absolute Gasteiger partial charge is 0.457 e. The third kappa shape index (κ3) is 5.01. The van der Waals surface area contributed by atoms with Crippen molar-refractivity contribution >= 4 is 27.6 Å². The van der Waals surface area contributed by atoms with Crippen molar-refractivity contribution in [2.75, 3.05) is 13.1 Å². The summed E-state index contributed by atoms with van der Waals surface area (Å²) in [6.45, 7) is 4.26. The molecule has 0 unspecified atom stereocenters. The first kappa shape index (κ1) is 23.1. The summed E-state index contributed by atoms with van der Waals surface area (Å²) in [5, 5.41) is 10.9. The van der Waals surface area contributed by atoms with E-state index in [9.17, 15) is 23.3 Å². The topological polar surface area (TPSA) is 111 Å². The summed E-state index contributed by atoms with van der Waals surface area (Å²) in [5.41, 5.74) is 0.845. The standard InChI is InChI=1S/C23H22N2O6S/c1-3-24(4-2)32(29,30)21-12-8-17(9-13-21)22(26)14-10-20-11-15-23(31-20)18-6-5-7-19(16-18)25(27)28/h5-16H,3-4H2,1-2H3. The second kappa shape index (κ2) is 9.71. The van der Waals surface area contributed by atoms with Gasteiger partial charge in [0.1, 0.15) is 11.5 Å². The first-order chi connectivity index (χ1) is 15.3. The molecule has 0 aliphatic rings. The zero-order valence-electron chi connectivity index (χ0n) is 17.6. The van der Waals surface area contributed by atoms with Gasteiger partial charge in [-0.1, -0.05) is 26.0 Å². The molecule has 0 N–H and O–H groups in total. The first-order valence-electron chi connectivity index (χ1n) is 9.93. The zero-order valence-corrected chi connectivity index (χ0v) is 18.4. The van der Waals surface area contributed by atoms with Crippen molar-refractivity contribution in [2.45, 2.75) is 18.7 Å². The summed E-state index contributed by atoms with van der Waals surface area (Å²) >= 11 is 0. The van der Waals surface area contributed by atoms with Crippen LogP contribution in [0.5, 0.6) is 0 Å². The first-order valence-corrected chi connectivity index (χ1v) is 11.4. The van der Waals surface area contributed by atoms with Crippen molar-refractivity contribution in [1.82, 2.24) is 4.31 Å². The van der Waals surface area contributed by atoms with Gasteiger partial charge in [-0.25, -0.2) is 8.42 Å². The van der Waals surface area contributed by atoms with Gasteiger partial charge in [0.25, 0.3) is 5.69 Å². The second-order valence-corrected chi connectivity index (χ2v) is 8.76. The number of ketones is 1. The highest BCUT2D eigenvalue weighted by Crippen LogP contribution is 2.26. The molecule has 8 nitrogen and oxygen atoms in total. The fraction of sp³-hybridized carbons (Fsp3) is 0.174. The Labute approximate surface area is 186 Å². The van der Waals surface area contributed by atoms with Gasteiger partial charge in [0.2, 0.25) is 10.0 Å². The molecule has 0 aliphatic heterocycles. The number of nitro benzene ring substituents is 1. The molecule has 0 fully saturated rings. The number of hydrogen-bond acceptors (Lipinski definition) is 6. The molecule has 0 radical (unpaired) electrons. The van der Waals surface area contributed by atoms with Gasteiger partial charge in [0.15, 0.2) is 5.78 Å².